The fourth-order valence-electron chi connectivity index (χ4n) is 4.43. The monoisotopic (exact) mass is 516 g/mol. The maximum absolute atomic E-state index is 15.2. The van der Waals surface area contributed by atoms with Crippen LogP contribution < -0.4 is 10.5 Å². The second kappa shape index (κ2) is 9.22. The van der Waals surface area contributed by atoms with Gasteiger partial charge in [-0.05, 0) is 18.6 Å². The van der Waals surface area contributed by atoms with Crippen LogP contribution in [0.1, 0.15) is 28.8 Å². The summed E-state index contributed by atoms with van der Waals surface area (Å²) in [6, 6.07) is 5.39. The molecule has 0 unspecified atom stereocenters. The highest BCUT2D eigenvalue weighted by Crippen LogP contribution is 2.31. The minimum Gasteiger partial charge on any atom is -0.435 e. The number of hydrazine groups is 1. The zero-order valence-electron chi connectivity index (χ0n) is 19.4. The predicted octanol–water partition coefficient (Wildman–Crippen LogP) is 3.76. The number of aryl methyl sites for hydroxylation is 1. The van der Waals surface area contributed by atoms with E-state index in [0.29, 0.717) is 22.7 Å². The Kier molecular flexibility index (Phi) is 6.05. The van der Waals surface area contributed by atoms with E-state index in [1.807, 2.05) is 0 Å². The van der Waals surface area contributed by atoms with E-state index in [4.69, 9.17) is 5.73 Å². The molecule has 2 N–H and O–H groups in total. The van der Waals surface area contributed by atoms with Crippen molar-refractivity contribution >= 4 is 39.4 Å². The van der Waals surface area contributed by atoms with Gasteiger partial charge in [-0.15, -0.1) is 0 Å². The molecular weight excluding hydrogens is 496 g/mol. The third-order valence-corrected chi connectivity index (χ3v) is 6.17. The Bertz CT molecular complexity index is 1560. The summed E-state index contributed by atoms with van der Waals surface area (Å²) in [5.74, 6) is -3.39. The summed E-state index contributed by atoms with van der Waals surface area (Å²) in [4.78, 5) is 30.4. The molecule has 2 amide bonds. The van der Waals surface area contributed by atoms with E-state index in [9.17, 15) is 22.8 Å². The van der Waals surface area contributed by atoms with Gasteiger partial charge in [0.15, 0.2) is 0 Å². The Morgan fingerprint density at radius 3 is 2.65 bits per heavy atom. The van der Waals surface area contributed by atoms with Crippen molar-refractivity contribution in [3.8, 4) is 5.75 Å². The number of benzene rings is 2. The van der Waals surface area contributed by atoms with Gasteiger partial charge in [0.2, 0.25) is 5.91 Å². The van der Waals surface area contributed by atoms with Crippen LogP contribution in [0.5, 0.6) is 5.75 Å². The molecule has 2 aromatic heterocycles. The van der Waals surface area contributed by atoms with Crippen molar-refractivity contribution in [2.45, 2.75) is 26.0 Å². The Morgan fingerprint density at radius 2 is 1.97 bits per heavy atom. The van der Waals surface area contributed by atoms with E-state index in [1.54, 1.807) is 7.05 Å². The van der Waals surface area contributed by atoms with Crippen LogP contribution in [-0.2, 0) is 18.4 Å². The van der Waals surface area contributed by atoms with E-state index >= 15 is 4.39 Å². The van der Waals surface area contributed by atoms with Gasteiger partial charge in [0.1, 0.15) is 23.2 Å². The first-order valence-corrected chi connectivity index (χ1v) is 11.2. The average Bonchev–Trinajstić information content (AvgIpc) is 3.43. The third kappa shape index (κ3) is 4.36. The SMILES string of the molecule is Cn1ncc2c(N)nc3cc(F)c(C(=O)N(Cc4ccc(OC(F)F)cc4F)N4CCCC4=O)cc3c21. The molecule has 5 rings (SSSR count). The lowest BCUT2D eigenvalue weighted by molar-refractivity contribution is -0.140. The van der Waals surface area contributed by atoms with Crippen LogP contribution in [0.15, 0.2) is 36.5 Å². The van der Waals surface area contributed by atoms with E-state index in [0.717, 1.165) is 34.3 Å². The molecule has 1 fully saturated rings. The lowest BCUT2D eigenvalue weighted by atomic mass is 10.1. The molecule has 1 saturated heterocycles. The number of nitrogens with two attached hydrogens (primary N) is 1. The summed E-state index contributed by atoms with van der Waals surface area (Å²) < 4.78 is 60.7. The smallest absolute Gasteiger partial charge is 0.387 e. The second-order valence-corrected chi connectivity index (χ2v) is 8.49. The summed E-state index contributed by atoms with van der Waals surface area (Å²) in [6.45, 7) is -3.43. The first-order chi connectivity index (χ1) is 17.6. The van der Waals surface area contributed by atoms with Crippen LogP contribution in [0.4, 0.5) is 23.4 Å². The van der Waals surface area contributed by atoms with Gasteiger partial charge in [0, 0.05) is 43.1 Å². The molecule has 37 heavy (non-hydrogen) atoms. The molecule has 1 aliphatic rings. The standard InChI is InChI=1S/C24H20F4N6O3/c1-32-21-15-8-14(18(26)9-19(15)31-22(29)16(21)10-30-32)23(36)34(33-6-2-3-20(33)35)11-12-4-5-13(7-17(12)25)37-24(27)28/h4-5,7-10,24H,2-3,6,11H2,1H3,(H2,29,31). The Hall–Kier alpha value is -4.42. The van der Waals surface area contributed by atoms with Gasteiger partial charge in [0.25, 0.3) is 5.91 Å². The molecule has 4 aromatic rings. The minimum absolute atomic E-state index is 0.0840. The van der Waals surface area contributed by atoms with Crippen LogP contribution >= 0.6 is 0 Å². The third-order valence-electron chi connectivity index (χ3n) is 6.17. The topological polar surface area (TPSA) is 107 Å². The summed E-state index contributed by atoms with van der Waals surface area (Å²) in [5.41, 5.74) is 6.24. The van der Waals surface area contributed by atoms with Crippen molar-refractivity contribution in [2.75, 3.05) is 12.3 Å². The number of hydrogen-bond donors (Lipinski definition) is 1. The van der Waals surface area contributed by atoms with E-state index in [-0.39, 0.29) is 35.4 Å². The van der Waals surface area contributed by atoms with Crippen LogP contribution in [0, 0.1) is 11.6 Å². The number of aromatic nitrogens is 3. The van der Waals surface area contributed by atoms with Crippen molar-refractivity contribution in [3.63, 3.8) is 0 Å². The van der Waals surface area contributed by atoms with Crippen molar-refractivity contribution in [2.24, 2.45) is 7.05 Å². The number of ether oxygens (including phenoxy) is 1. The van der Waals surface area contributed by atoms with Gasteiger partial charge in [0.05, 0.1) is 34.7 Å². The van der Waals surface area contributed by atoms with Gasteiger partial charge < -0.3 is 10.5 Å². The fourth-order valence-corrected chi connectivity index (χ4v) is 4.43. The van der Waals surface area contributed by atoms with Crippen molar-refractivity contribution in [1.82, 2.24) is 24.8 Å². The quantitative estimate of drug-likeness (QED) is 0.391. The lowest BCUT2D eigenvalue weighted by Crippen LogP contribution is -2.47. The minimum atomic E-state index is -3.14. The van der Waals surface area contributed by atoms with Crippen LogP contribution in [0.3, 0.4) is 0 Å². The maximum Gasteiger partial charge on any atom is 0.387 e. The van der Waals surface area contributed by atoms with Gasteiger partial charge in [-0.1, -0.05) is 6.07 Å². The molecule has 9 nitrogen and oxygen atoms in total. The number of carbonyl (C=O) groups is 2. The largest absolute Gasteiger partial charge is 0.435 e. The number of fused-ring (bicyclic) bond motifs is 3. The number of anilines is 1. The number of nitrogen functional groups attached to an aromatic ring is 1. The number of hydrogen-bond acceptors (Lipinski definition) is 6. The molecule has 0 aliphatic carbocycles. The molecular formula is C24H20F4N6O3. The normalized spacial score (nSPS) is 13.8. The second-order valence-electron chi connectivity index (χ2n) is 8.49. The van der Waals surface area contributed by atoms with E-state index < -0.39 is 42.4 Å². The molecule has 0 saturated carbocycles. The Morgan fingerprint density at radius 1 is 1.19 bits per heavy atom. The molecule has 0 spiro atoms. The highest BCUT2D eigenvalue weighted by Gasteiger charge is 2.33. The summed E-state index contributed by atoms with van der Waals surface area (Å²) in [6.07, 6.45) is 2.11. The van der Waals surface area contributed by atoms with Crippen LogP contribution in [0.25, 0.3) is 21.8 Å². The number of nitrogens with zero attached hydrogens (tertiary/aromatic N) is 5. The highest BCUT2D eigenvalue weighted by atomic mass is 19.3. The molecule has 13 heteroatoms. The maximum atomic E-state index is 15.2. The van der Waals surface area contributed by atoms with Crippen molar-refractivity contribution in [3.05, 3.63) is 59.3 Å². The number of amides is 2. The number of alkyl halides is 2. The van der Waals surface area contributed by atoms with Crippen LogP contribution in [-0.4, -0.2) is 49.8 Å². The molecule has 0 atom stereocenters. The summed E-state index contributed by atoms with van der Waals surface area (Å²) in [7, 11) is 1.66. The van der Waals surface area contributed by atoms with Crippen molar-refractivity contribution in [1.29, 1.82) is 0 Å². The molecule has 0 bridgehead atoms. The van der Waals surface area contributed by atoms with E-state index in [2.05, 4.69) is 14.8 Å². The zero-order chi connectivity index (χ0) is 26.4. The predicted molar refractivity (Wildman–Crippen MR) is 124 cm³/mol. The average molecular weight is 516 g/mol. The highest BCUT2D eigenvalue weighted by molar-refractivity contribution is 6.10. The van der Waals surface area contributed by atoms with Gasteiger partial charge in [-0.2, -0.15) is 13.9 Å². The van der Waals surface area contributed by atoms with Gasteiger partial charge in [-0.25, -0.2) is 18.8 Å². The molecule has 192 valence electrons. The van der Waals surface area contributed by atoms with Gasteiger partial charge in [-0.3, -0.25) is 19.3 Å². The fraction of sp³-hybridized carbons (Fsp3) is 0.250. The molecule has 1 aliphatic heterocycles. The first-order valence-electron chi connectivity index (χ1n) is 11.2. The number of pyridine rings is 1. The first kappa shape index (κ1) is 24.3. The number of rotatable bonds is 6. The summed E-state index contributed by atoms with van der Waals surface area (Å²) >= 11 is 0. The Balaban J connectivity index is 1.58. The zero-order valence-corrected chi connectivity index (χ0v) is 19.4. The molecule has 0 radical (unpaired) electrons. The van der Waals surface area contributed by atoms with Crippen LogP contribution in [0.2, 0.25) is 0 Å². The molecule has 3 heterocycles. The summed E-state index contributed by atoms with van der Waals surface area (Å²) in [5, 5.41) is 7.17. The molecule has 2 aromatic carbocycles. The Labute approximate surface area is 207 Å². The number of halogens is 4. The van der Waals surface area contributed by atoms with Gasteiger partial charge >= 0.3 is 6.61 Å². The van der Waals surface area contributed by atoms with Crippen molar-refractivity contribution < 1.29 is 31.9 Å². The lowest BCUT2D eigenvalue weighted by Gasteiger charge is -2.32. The van der Waals surface area contributed by atoms with E-state index in [1.165, 1.54) is 16.9 Å². The number of carbonyl (C=O) groups excluding carboxylic acids is 2.